The molecule has 7 nitrogen and oxygen atoms in total. The molecule has 1 fully saturated rings. The van der Waals surface area contributed by atoms with Crippen LogP contribution < -0.4 is 10.6 Å². The van der Waals surface area contributed by atoms with E-state index in [2.05, 4.69) is 17.6 Å². The maximum absolute atomic E-state index is 13.7. The predicted molar refractivity (Wildman–Crippen MR) is 143 cm³/mol. The third kappa shape index (κ3) is 7.33. The van der Waals surface area contributed by atoms with Gasteiger partial charge in [-0.2, -0.15) is 0 Å². The summed E-state index contributed by atoms with van der Waals surface area (Å²) < 4.78 is 0. The van der Waals surface area contributed by atoms with Crippen LogP contribution in [0.5, 0.6) is 0 Å². The van der Waals surface area contributed by atoms with E-state index in [9.17, 15) is 14.4 Å². The largest absolute Gasteiger partial charge is 0.343 e. The van der Waals surface area contributed by atoms with Crippen LogP contribution in [-0.2, 0) is 16.0 Å². The molecule has 7 heteroatoms. The van der Waals surface area contributed by atoms with E-state index in [-0.39, 0.29) is 29.8 Å². The normalized spacial score (nSPS) is 17.2. The minimum atomic E-state index is -0.671. The van der Waals surface area contributed by atoms with Crippen LogP contribution in [0, 0.1) is 0 Å². The van der Waals surface area contributed by atoms with Crippen LogP contribution >= 0.6 is 0 Å². The minimum absolute atomic E-state index is 0.0779. The third-order valence-electron chi connectivity index (χ3n) is 6.83. The molecule has 1 aliphatic heterocycles. The molecule has 1 saturated heterocycles. The van der Waals surface area contributed by atoms with E-state index >= 15 is 0 Å². The Morgan fingerprint density at radius 3 is 2.25 bits per heavy atom. The monoisotopic (exact) mass is 492 g/mol. The number of carbonyl (C=O) groups excluding carboxylic acids is 3. The van der Waals surface area contributed by atoms with Crippen LogP contribution in [0.2, 0.25) is 0 Å². The van der Waals surface area contributed by atoms with Crippen LogP contribution in [0.1, 0.15) is 57.1 Å². The van der Waals surface area contributed by atoms with Gasteiger partial charge in [0.25, 0.3) is 0 Å². The van der Waals surface area contributed by atoms with Crippen molar-refractivity contribution in [2.75, 3.05) is 26.2 Å². The molecule has 4 amide bonds. The molecular weight excluding hydrogens is 452 g/mol. The minimum Gasteiger partial charge on any atom is -0.343 e. The van der Waals surface area contributed by atoms with Crippen molar-refractivity contribution in [1.29, 1.82) is 0 Å². The highest BCUT2D eigenvalue weighted by atomic mass is 16.2. The molecule has 0 bridgehead atoms. The summed E-state index contributed by atoms with van der Waals surface area (Å²) in [5.41, 5.74) is 1.94. The standard InChI is InChI=1S/C29H40N4O3/c1-4-6-17-30-29(36)33-19-18-32(21-22(33)3)28(35)26(20-23-13-9-7-10-14-23)31-27(34)25(5-2)24-15-11-8-12-16-24/h7-16,22,25-26H,4-6,17-21H2,1-3H3,(H,30,36)(H,31,34). The summed E-state index contributed by atoms with van der Waals surface area (Å²) in [6, 6.07) is 18.6. The second-order valence-corrected chi connectivity index (χ2v) is 9.53. The van der Waals surface area contributed by atoms with Gasteiger partial charge in [0.15, 0.2) is 0 Å². The lowest BCUT2D eigenvalue weighted by Gasteiger charge is -2.41. The highest BCUT2D eigenvalue weighted by Crippen LogP contribution is 2.20. The summed E-state index contributed by atoms with van der Waals surface area (Å²) in [4.78, 5) is 43.2. The Labute approximate surface area is 215 Å². The number of hydrogen-bond donors (Lipinski definition) is 2. The van der Waals surface area contributed by atoms with Gasteiger partial charge in [0.1, 0.15) is 6.04 Å². The number of nitrogens with one attached hydrogen (secondary N) is 2. The Bertz CT molecular complexity index is 983. The lowest BCUT2D eigenvalue weighted by atomic mass is 9.94. The Balaban J connectivity index is 1.71. The number of rotatable bonds is 10. The van der Waals surface area contributed by atoms with Gasteiger partial charge in [0.05, 0.1) is 5.92 Å². The van der Waals surface area contributed by atoms with Gasteiger partial charge in [0, 0.05) is 38.6 Å². The van der Waals surface area contributed by atoms with E-state index in [4.69, 9.17) is 0 Å². The molecule has 2 aromatic carbocycles. The molecule has 0 spiro atoms. The first-order valence-electron chi connectivity index (χ1n) is 13.2. The fourth-order valence-corrected chi connectivity index (χ4v) is 4.73. The van der Waals surface area contributed by atoms with Gasteiger partial charge in [-0.3, -0.25) is 9.59 Å². The van der Waals surface area contributed by atoms with Crippen molar-refractivity contribution < 1.29 is 14.4 Å². The average molecular weight is 493 g/mol. The molecular formula is C29H40N4O3. The van der Waals surface area contributed by atoms with Crippen LogP contribution in [0.15, 0.2) is 60.7 Å². The van der Waals surface area contributed by atoms with Crippen LogP contribution in [0.4, 0.5) is 4.79 Å². The highest BCUT2D eigenvalue weighted by molar-refractivity contribution is 5.91. The maximum Gasteiger partial charge on any atom is 0.317 e. The fourth-order valence-electron chi connectivity index (χ4n) is 4.73. The third-order valence-corrected chi connectivity index (χ3v) is 6.83. The maximum atomic E-state index is 13.7. The summed E-state index contributed by atoms with van der Waals surface area (Å²) in [5.74, 6) is -0.562. The number of amides is 4. The van der Waals surface area contributed by atoms with E-state index in [1.54, 1.807) is 9.80 Å². The number of nitrogens with zero attached hydrogens (tertiary/aromatic N) is 2. The van der Waals surface area contributed by atoms with Gasteiger partial charge in [-0.15, -0.1) is 0 Å². The summed E-state index contributed by atoms with van der Waals surface area (Å²) in [7, 11) is 0. The number of benzene rings is 2. The lowest BCUT2D eigenvalue weighted by Crippen LogP contribution is -2.60. The van der Waals surface area contributed by atoms with Crippen molar-refractivity contribution in [1.82, 2.24) is 20.4 Å². The number of unbranched alkanes of at least 4 members (excludes halogenated alkanes) is 1. The highest BCUT2D eigenvalue weighted by Gasteiger charge is 2.34. The molecule has 2 aromatic rings. The zero-order valence-electron chi connectivity index (χ0n) is 21.8. The molecule has 2 N–H and O–H groups in total. The number of hydrogen-bond acceptors (Lipinski definition) is 3. The second-order valence-electron chi connectivity index (χ2n) is 9.53. The van der Waals surface area contributed by atoms with Crippen LogP contribution in [0.25, 0.3) is 0 Å². The van der Waals surface area contributed by atoms with Gasteiger partial charge < -0.3 is 20.4 Å². The van der Waals surface area contributed by atoms with Crippen molar-refractivity contribution >= 4 is 17.8 Å². The average Bonchev–Trinajstić information content (AvgIpc) is 2.89. The zero-order valence-corrected chi connectivity index (χ0v) is 21.8. The van der Waals surface area contributed by atoms with Gasteiger partial charge in [-0.1, -0.05) is 80.9 Å². The van der Waals surface area contributed by atoms with Crippen LogP contribution in [0.3, 0.4) is 0 Å². The summed E-state index contributed by atoms with van der Waals surface area (Å²) in [5, 5.41) is 6.04. The van der Waals surface area contributed by atoms with Gasteiger partial charge in [0.2, 0.25) is 11.8 Å². The topological polar surface area (TPSA) is 81.8 Å². The molecule has 1 heterocycles. The number of urea groups is 1. The molecule has 3 atom stereocenters. The Kier molecular flexibility index (Phi) is 10.3. The lowest BCUT2D eigenvalue weighted by molar-refractivity contribution is -0.138. The summed E-state index contributed by atoms with van der Waals surface area (Å²) in [6.45, 7) is 8.06. The van der Waals surface area contributed by atoms with Crippen molar-refractivity contribution in [3.05, 3.63) is 71.8 Å². The van der Waals surface area contributed by atoms with Gasteiger partial charge in [-0.05, 0) is 30.9 Å². The smallest absolute Gasteiger partial charge is 0.317 e. The summed E-state index contributed by atoms with van der Waals surface area (Å²) in [6.07, 6.45) is 3.03. The molecule has 0 radical (unpaired) electrons. The SMILES string of the molecule is CCCCNC(=O)N1CCN(C(=O)C(Cc2ccccc2)NC(=O)C(CC)c2ccccc2)CC1C. The molecule has 0 saturated carbocycles. The van der Waals surface area contributed by atoms with Crippen LogP contribution in [-0.4, -0.2) is 65.9 Å². The van der Waals surface area contributed by atoms with Gasteiger partial charge >= 0.3 is 6.03 Å². The molecule has 1 aliphatic rings. The molecule has 3 rings (SSSR count). The Morgan fingerprint density at radius 1 is 0.972 bits per heavy atom. The molecule has 36 heavy (non-hydrogen) atoms. The predicted octanol–water partition coefficient (Wildman–Crippen LogP) is 3.95. The van der Waals surface area contributed by atoms with E-state index < -0.39 is 6.04 Å². The molecule has 194 valence electrons. The Hall–Kier alpha value is -3.35. The van der Waals surface area contributed by atoms with Crippen molar-refractivity contribution in [2.45, 2.75) is 64.5 Å². The van der Waals surface area contributed by atoms with Crippen molar-refractivity contribution in [3.8, 4) is 0 Å². The van der Waals surface area contributed by atoms with E-state index in [0.29, 0.717) is 39.0 Å². The first kappa shape index (κ1) is 27.2. The first-order valence-corrected chi connectivity index (χ1v) is 13.2. The second kappa shape index (κ2) is 13.7. The number of piperazine rings is 1. The molecule has 3 unspecified atom stereocenters. The number of carbonyl (C=O) groups is 3. The molecule has 0 aliphatic carbocycles. The summed E-state index contributed by atoms with van der Waals surface area (Å²) >= 11 is 0. The quantitative estimate of drug-likeness (QED) is 0.493. The zero-order chi connectivity index (χ0) is 25.9. The van der Waals surface area contributed by atoms with E-state index in [0.717, 1.165) is 24.0 Å². The van der Waals surface area contributed by atoms with E-state index in [1.807, 2.05) is 74.5 Å². The Morgan fingerprint density at radius 2 is 1.64 bits per heavy atom. The fraction of sp³-hybridized carbons (Fsp3) is 0.483. The van der Waals surface area contributed by atoms with Gasteiger partial charge in [-0.25, -0.2) is 4.79 Å². The molecule has 0 aromatic heterocycles. The van der Waals surface area contributed by atoms with Crippen molar-refractivity contribution in [2.24, 2.45) is 0 Å². The van der Waals surface area contributed by atoms with Crippen molar-refractivity contribution in [3.63, 3.8) is 0 Å². The van der Waals surface area contributed by atoms with E-state index in [1.165, 1.54) is 0 Å². The first-order chi connectivity index (χ1) is 17.4.